The van der Waals surface area contributed by atoms with Crippen molar-refractivity contribution in [2.24, 2.45) is 0 Å². The van der Waals surface area contributed by atoms with Gasteiger partial charge in [0, 0.05) is 5.56 Å². The number of hydrogen-bond donors (Lipinski definition) is 0. The highest BCUT2D eigenvalue weighted by atomic mass is 32.1. The maximum Gasteiger partial charge on any atom is 0.359 e. The van der Waals surface area contributed by atoms with Gasteiger partial charge in [0.15, 0.2) is 0 Å². The predicted octanol–water partition coefficient (Wildman–Crippen LogP) is 3.18. The van der Waals surface area contributed by atoms with Crippen LogP contribution in [0.1, 0.15) is 5.56 Å². The molecular weight excluding hydrogens is 324 g/mol. The van der Waals surface area contributed by atoms with Gasteiger partial charge in [-0.2, -0.15) is 4.52 Å². The van der Waals surface area contributed by atoms with Crippen LogP contribution in [-0.2, 0) is 0 Å². The van der Waals surface area contributed by atoms with Gasteiger partial charge < -0.3 is 4.42 Å². The van der Waals surface area contributed by atoms with Gasteiger partial charge in [0.2, 0.25) is 10.7 Å². The molecule has 24 heavy (non-hydrogen) atoms. The van der Waals surface area contributed by atoms with E-state index in [1.807, 2.05) is 61.5 Å². The molecule has 2 aromatic carbocycles. The minimum absolute atomic E-state index is 0.0775. The maximum atomic E-state index is 12.4. The molecule has 0 fully saturated rings. The molecule has 0 saturated carbocycles. The highest BCUT2D eigenvalue weighted by Gasteiger charge is 2.15. The van der Waals surface area contributed by atoms with Crippen LogP contribution >= 0.6 is 12.2 Å². The van der Waals surface area contributed by atoms with E-state index >= 15 is 0 Å². The highest BCUT2D eigenvalue weighted by molar-refractivity contribution is 7.71. The van der Waals surface area contributed by atoms with Crippen molar-refractivity contribution in [3.8, 4) is 17.1 Å². The third-order valence-electron chi connectivity index (χ3n) is 3.69. The zero-order chi connectivity index (χ0) is 16.7. The molecule has 0 amide bonds. The second kappa shape index (κ2) is 5.54. The van der Waals surface area contributed by atoms with Gasteiger partial charge in [-0.15, -0.1) is 10.1 Å². The Morgan fingerprint density at radius 1 is 1.04 bits per heavy atom. The fourth-order valence-corrected chi connectivity index (χ4v) is 2.80. The average Bonchev–Trinajstić information content (AvgIpc) is 3.01. The van der Waals surface area contributed by atoms with Gasteiger partial charge in [-0.05, 0) is 42.9 Å². The smallest absolute Gasteiger partial charge is 0.359 e. The van der Waals surface area contributed by atoms with Gasteiger partial charge >= 0.3 is 11.5 Å². The minimum atomic E-state index is -0.495. The summed E-state index contributed by atoms with van der Waals surface area (Å²) in [5, 5.41) is 4.36. The molecule has 2 aromatic heterocycles. The monoisotopic (exact) mass is 336 g/mol. The summed E-state index contributed by atoms with van der Waals surface area (Å²) in [7, 11) is 0. The lowest BCUT2D eigenvalue weighted by Crippen LogP contribution is -2.25. The Balaban J connectivity index is 2.01. The molecule has 6 nitrogen and oxygen atoms in total. The molecule has 118 valence electrons. The van der Waals surface area contributed by atoms with Gasteiger partial charge in [-0.25, -0.2) is 9.36 Å². The first kappa shape index (κ1) is 14.5. The van der Waals surface area contributed by atoms with E-state index in [0.717, 1.165) is 11.1 Å². The number of nitrogens with zero attached hydrogens (tertiary/aromatic N) is 4. The van der Waals surface area contributed by atoms with E-state index in [0.29, 0.717) is 11.6 Å². The van der Waals surface area contributed by atoms with Crippen LogP contribution in [0, 0.1) is 11.7 Å². The molecule has 0 aliphatic rings. The first-order valence-corrected chi connectivity index (χ1v) is 7.70. The van der Waals surface area contributed by atoms with E-state index in [9.17, 15) is 4.79 Å². The van der Waals surface area contributed by atoms with Gasteiger partial charge in [0.1, 0.15) is 0 Å². The van der Waals surface area contributed by atoms with Crippen LogP contribution in [-0.4, -0.2) is 19.2 Å². The Labute approximate surface area is 141 Å². The number of para-hydroxylation sites is 1. The zero-order valence-electron chi connectivity index (χ0n) is 12.7. The first-order chi connectivity index (χ1) is 11.6. The van der Waals surface area contributed by atoms with Gasteiger partial charge in [0.05, 0.1) is 5.69 Å². The molecule has 0 aliphatic heterocycles. The SMILES string of the molecule is Cc1ccccc1-n1c(=O)nc2oc(-c3ccccc3)nn2c1=S. The molecule has 0 atom stereocenters. The molecule has 0 radical (unpaired) electrons. The van der Waals surface area contributed by atoms with Crippen LogP contribution in [0.5, 0.6) is 0 Å². The van der Waals surface area contributed by atoms with E-state index in [4.69, 9.17) is 16.6 Å². The summed E-state index contributed by atoms with van der Waals surface area (Å²) in [6.07, 6.45) is 0. The molecule has 0 N–H and O–H groups in total. The molecule has 0 spiro atoms. The number of aromatic nitrogens is 4. The third-order valence-corrected chi connectivity index (χ3v) is 4.05. The average molecular weight is 336 g/mol. The van der Waals surface area contributed by atoms with Crippen molar-refractivity contribution >= 4 is 18.1 Å². The van der Waals surface area contributed by atoms with Crippen LogP contribution in [0.15, 0.2) is 63.8 Å². The Hall–Kier alpha value is -3.06. The van der Waals surface area contributed by atoms with Crippen LogP contribution in [0.2, 0.25) is 0 Å². The molecule has 0 unspecified atom stereocenters. The van der Waals surface area contributed by atoms with Crippen molar-refractivity contribution in [1.29, 1.82) is 0 Å². The second-order valence-electron chi connectivity index (χ2n) is 5.27. The topological polar surface area (TPSA) is 65.3 Å². The van der Waals surface area contributed by atoms with Crippen molar-refractivity contribution in [2.45, 2.75) is 6.92 Å². The summed E-state index contributed by atoms with van der Waals surface area (Å²) in [6, 6.07) is 16.9. The lowest BCUT2D eigenvalue weighted by Gasteiger charge is -2.07. The zero-order valence-corrected chi connectivity index (χ0v) is 13.5. The Bertz CT molecular complexity index is 1160. The maximum absolute atomic E-state index is 12.4. The van der Waals surface area contributed by atoms with Crippen LogP contribution < -0.4 is 5.69 Å². The van der Waals surface area contributed by atoms with E-state index < -0.39 is 5.69 Å². The second-order valence-corrected chi connectivity index (χ2v) is 5.63. The fraction of sp³-hybridized carbons (Fsp3) is 0.0588. The van der Waals surface area contributed by atoms with Gasteiger partial charge in [-0.1, -0.05) is 36.4 Å². The molecule has 4 rings (SSSR count). The lowest BCUT2D eigenvalue weighted by atomic mass is 10.2. The normalized spacial score (nSPS) is 11.0. The number of hydrogen-bond acceptors (Lipinski definition) is 5. The van der Waals surface area contributed by atoms with Crippen molar-refractivity contribution < 1.29 is 4.42 Å². The summed E-state index contributed by atoms with van der Waals surface area (Å²) in [5.41, 5.74) is 1.88. The molecule has 2 heterocycles. The third kappa shape index (κ3) is 2.26. The summed E-state index contributed by atoms with van der Waals surface area (Å²) in [6.45, 7) is 1.91. The van der Waals surface area contributed by atoms with Crippen LogP contribution in [0.3, 0.4) is 0 Å². The Morgan fingerprint density at radius 3 is 2.50 bits per heavy atom. The summed E-state index contributed by atoms with van der Waals surface area (Å²) in [4.78, 5) is 16.4. The lowest BCUT2D eigenvalue weighted by molar-refractivity contribution is 0.593. The van der Waals surface area contributed by atoms with Crippen molar-refractivity contribution in [3.63, 3.8) is 0 Å². The number of rotatable bonds is 2. The minimum Gasteiger partial charge on any atom is -0.403 e. The Morgan fingerprint density at radius 2 is 1.75 bits per heavy atom. The summed E-state index contributed by atoms with van der Waals surface area (Å²) >= 11 is 5.45. The molecule has 0 aliphatic carbocycles. The van der Waals surface area contributed by atoms with Crippen LogP contribution in [0.4, 0.5) is 0 Å². The number of fused-ring (bicyclic) bond motifs is 1. The van der Waals surface area contributed by atoms with Crippen molar-refractivity contribution in [1.82, 2.24) is 19.2 Å². The standard InChI is InChI=1S/C17H12N4O2S/c1-11-7-5-6-10-13(11)20-15(22)18-16-21(17(20)24)19-14(23-16)12-8-3-2-4-9-12/h2-10H,1H3. The summed E-state index contributed by atoms with van der Waals surface area (Å²) < 4.78 is 8.53. The largest absolute Gasteiger partial charge is 0.403 e. The van der Waals surface area contributed by atoms with Gasteiger partial charge in [0.25, 0.3) is 0 Å². The van der Waals surface area contributed by atoms with Crippen molar-refractivity contribution in [2.75, 3.05) is 0 Å². The van der Waals surface area contributed by atoms with Crippen LogP contribution in [0.25, 0.3) is 23.0 Å². The molecule has 7 heteroatoms. The molecule has 4 aromatic rings. The Kier molecular flexibility index (Phi) is 3.35. The number of aryl methyl sites for hydroxylation is 1. The fourth-order valence-electron chi connectivity index (χ4n) is 2.50. The first-order valence-electron chi connectivity index (χ1n) is 7.29. The van der Waals surface area contributed by atoms with Crippen molar-refractivity contribution in [3.05, 3.63) is 75.4 Å². The van der Waals surface area contributed by atoms with E-state index in [1.54, 1.807) is 0 Å². The van der Waals surface area contributed by atoms with E-state index in [-0.39, 0.29) is 10.6 Å². The molecule has 0 saturated heterocycles. The number of benzene rings is 2. The quantitative estimate of drug-likeness (QED) is 0.526. The van der Waals surface area contributed by atoms with E-state index in [1.165, 1.54) is 9.08 Å². The molecule has 0 bridgehead atoms. The predicted molar refractivity (Wildman–Crippen MR) is 91.9 cm³/mol. The van der Waals surface area contributed by atoms with E-state index in [2.05, 4.69) is 10.1 Å². The highest BCUT2D eigenvalue weighted by Crippen LogP contribution is 2.19. The van der Waals surface area contributed by atoms with Gasteiger partial charge in [-0.3, -0.25) is 0 Å². The molecular formula is C17H12N4O2S. The summed E-state index contributed by atoms with van der Waals surface area (Å²) in [5.74, 6) is 0.435.